The van der Waals surface area contributed by atoms with E-state index in [4.69, 9.17) is 4.42 Å². The zero-order valence-electron chi connectivity index (χ0n) is 16.3. The summed E-state index contributed by atoms with van der Waals surface area (Å²) in [5, 5.41) is 19.2. The third kappa shape index (κ3) is 3.09. The van der Waals surface area contributed by atoms with Crippen molar-refractivity contribution in [2.24, 2.45) is 0 Å². The van der Waals surface area contributed by atoms with E-state index < -0.39 is 23.2 Å². The van der Waals surface area contributed by atoms with Gasteiger partial charge in [-0.15, -0.1) is 10.2 Å². The van der Waals surface area contributed by atoms with Crippen LogP contribution in [-0.2, 0) is 6.42 Å². The maximum Gasteiger partial charge on any atom is 0.297 e. The lowest BCUT2D eigenvalue weighted by atomic mass is 9.98. The van der Waals surface area contributed by atoms with E-state index >= 15 is 0 Å². The molecule has 0 saturated carbocycles. The second kappa shape index (κ2) is 7.28. The van der Waals surface area contributed by atoms with Crippen LogP contribution in [0.5, 0.6) is 5.75 Å². The molecule has 31 heavy (non-hydrogen) atoms. The minimum atomic E-state index is -0.838. The van der Waals surface area contributed by atoms with Crippen LogP contribution < -0.4 is 10.3 Å². The summed E-state index contributed by atoms with van der Waals surface area (Å²) in [6.45, 7) is 2.02. The van der Waals surface area contributed by atoms with Gasteiger partial charge < -0.3 is 9.52 Å². The predicted molar refractivity (Wildman–Crippen MR) is 113 cm³/mol. The van der Waals surface area contributed by atoms with E-state index in [-0.39, 0.29) is 28.0 Å². The third-order valence-corrected chi connectivity index (χ3v) is 6.15. The highest BCUT2D eigenvalue weighted by Crippen LogP contribution is 2.42. The Hall–Kier alpha value is -3.59. The van der Waals surface area contributed by atoms with Gasteiger partial charge in [0, 0.05) is 6.42 Å². The van der Waals surface area contributed by atoms with Gasteiger partial charge in [0.25, 0.3) is 5.91 Å². The predicted octanol–water partition coefficient (Wildman–Crippen LogP) is 4.19. The van der Waals surface area contributed by atoms with Gasteiger partial charge >= 0.3 is 0 Å². The largest absolute Gasteiger partial charge is 0.508 e. The van der Waals surface area contributed by atoms with Crippen molar-refractivity contribution in [2.45, 2.75) is 25.8 Å². The molecule has 0 unspecified atom stereocenters. The molecular formula is C22H16FN3O4S. The first-order valence-electron chi connectivity index (χ1n) is 9.69. The van der Waals surface area contributed by atoms with Crippen molar-refractivity contribution in [3.8, 4) is 5.75 Å². The van der Waals surface area contributed by atoms with Crippen LogP contribution in [-0.4, -0.2) is 21.2 Å². The molecule has 0 aliphatic carbocycles. The topological polar surface area (TPSA) is 96.5 Å². The van der Waals surface area contributed by atoms with Crippen molar-refractivity contribution >= 4 is 33.3 Å². The maximum atomic E-state index is 13.8. The van der Waals surface area contributed by atoms with Crippen molar-refractivity contribution in [2.75, 3.05) is 4.90 Å². The number of carbonyl (C=O) groups is 1. The fourth-order valence-corrected chi connectivity index (χ4v) is 4.74. The number of aromatic hydroxyl groups is 1. The van der Waals surface area contributed by atoms with E-state index in [9.17, 15) is 19.1 Å². The molecule has 0 fully saturated rings. The molecule has 5 rings (SSSR count). The second-order valence-electron chi connectivity index (χ2n) is 7.21. The Balaban J connectivity index is 1.77. The highest BCUT2D eigenvalue weighted by Gasteiger charge is 2.45. The fraction of sp³-hybridized carbons (Fsp3) is 0.182. The molecule has 1 N–H and O–H groups in total. The molecule has 1 atom stereocenters. The third-order valence-electron chi connectivity index (χ3n) is 5.17. The van der Waals surface area contributed by atoms with Crippen LogP contribution in [0.25, 0.3) is 11.0 Å². The van der Waals surface area contributed by atoms with Crippen LogP contribution in [0.1, 0.15) is 46.1 Å². The molecule has 0 radical (unpaired) electrons. The Labute approximate surface area is 179 Å². The molecule has 156 valence electrons. The average Bonchev–Trinajstić information content (AvgIpc) is 3.32. The van der Waals surface area contributed by atoms with Gasteiger partial charge in [-0.1, -0.05) is 30.4 Å². The van der Waals surface area contributed by atoms with Crippen LogP contribution in [0.4, 0.5) is 9.52 Å². The smallest absolute Gasteiger partial charge is 0.297 e. The van der Waals surface area contributed by atoms with Gasteiger partial charge in [0.05, 0.1) is 17.0 Å². The Kier molecular flexibility index (Phi) is 4.55. The molecule has 1 aliphatic heterocycles. The molecular weight excluding hydrogens is 421 g/mol. The zero-order chi connectivity index (χ0) is 21.7. The number of phenols is 1. The highest BCUT2D eigenvalue weighted by molar-refractivity contribution is 7.15. The van der Waals surface area contributed by atoms with Crippen molar-refractivity contribution in [1.29, 1.82) is 0 Å². The van der Waals surface area contributed by atoms with E-state index in [1.807, 2.05) is 6.92 Å². The number of phenolic OH excluding ortho intramolecular Hbond substituents is 1. The number of rotatable bonds is 4. The molecule has 4 aromatic rings. The minimum absolute atomic E-state index is 0.0496. The number of aromatic nitrogens is 2. The first kappa shape index (κ1) is 19.4. The summed E-state index contributed by atoms with van der Waals surface area (Å²) in [5.41, 5.74) is 0.345. The molecule has 0 saturated heterocycles. The normalized spacial score (nSPS) is 15.6. The molecule has 7 nitrogen and oxygen atoms in total. The highest BCUT2D eigenvalue weighted by atomic mass is 32.1. The number of anilines is 1. The Bertz CT molecular complexity index is 1380. The summed E-state index contributed by atoms with van der Waals surface area (Å²) in [6.07, 6.45) is 1.60. The summed E-state index contributed by atoms with van der Waals surface area (Å²) in [6, 6.07) is 8.97. The number of hydrogen-bond acceptors (Lipinski definition) is 7. The van der Waals surface area contributed by atoms with Gasteiger partial charge in [0.1, 0.15) is 22.2 Å². The molecule has 9 heteroatoms. The van der Waals surface area contributed by atoms with Gasteiger partial charge in [-0.05, 0) is 42.3 Å². The molecule has 1 amide bonds. The molecule has 2 aromatic carbocycles. The summed E-state index contributed by atoms with van der Waals surface area (Å²) >= 11 is 1.27. The van der Waals surface area contributed by atoms with Crippen LogP contribution in [0.2, 0.25) is 0 Å². The number of fused-ring (bicyclic) bond motifs is 2. The van der Waals surface area contributed by atoms with Crippen molar-refractivity contribution in [1.82, 2.24) is 10.2 Å². The van der Waals surface area contributed by atoms with Crippen LogP contribution in [0, 0.1) is 5.82 Å². The fourth-order valence-electron chi connectivity index (χ4n) is 3.77. The molecule has 2 aromatic heterocycles. The van der Waals surface area contributed by atoms with Gasteiger partial charge in [-0.25, -0.2) is 4.39 Å². The maximum absolute atomic E-state index is 13.8. The van der Waals surface area contributed by atoms with E-state index in [1.54, 1.807) is 12.1 Å². The minimum Gasteiger partial charge on any atom is -0.508 e. The van der Waals surface area contributed by atoms with Gasteiger partial charge in [-0.2, -0.15) is 0 Å². The van der Waals surface area contributed by atoms with Gasteiger partial charge in [0.2, 0.25) is 10.9 Å². The first-order valence-corrected chi connectivity index (χ1v) is 10.5. The van der Waals surface area contributed by atoms with Gasteiger partial charge in [0.15, 0.2) is 5.43 Å². The Morgan fingerprint density at radius 3 is 2.68 bits per heavy atom. The SMILES string of the molecule is CCCc1nnc(N2C(=O)c3oc4ccc(F)cc4c(=O)c3[C@H]2c2ccc(O)cc2)s1. The number of carbonyl (C=O) groups excluding carboxylic acids is 1. The number of halogens is 1. The summed E-state index contributed by atoms with van der Waals surface area (Å²) in [5.74, 6) is -1.14. The summed E-state index contributed by atoms with van der Waals surface area (Å²) in [4.78, 5) is 28.1. The van der Waals surface area contributed by atoms with Crippen molar-refractivity contribution < 1.29 is 18.7 Å². The van der Waals surface area contributed by atoms with Crippen LogP contribution in [0.15, 0.2) is 51.7 Å². The zero-order valence-corrected chi connectivity index (χ0v) is 17.1. The first-order chi connectivity index (χ1) is 15.0. The quantitative estimate of drug-likeness (QED) is 0.514. The molecule has 0 spiro atoms. The van der Waals surface area contributed by atoms with Crippen LogP contribution in [0.3, 0.4) is 0 Å². The molecule has 1 aliphatic rings. The number of hydrogen-bond donors (Lipinski definition) is 1. The van der Waals surface area contributed by atoms with E-state index in [0.29, 0.717) is 10.7 Å². The van der Waals surface area contributed by atoms with Crippen molar-refractivity contribution in [3.63, 3.8) is 0 Å². The number of aryl methyl sites for hydroxylation is 1. The lowest BCUT2D eigenvalue weighted by Gasteiger charge is -2.22. The Morgan fingerprint density at radius 2 is 1.94 bits per heavy atom. The standard InChI is InChI=1S/C22H16FN3O4S/c1-2-3-16-24-25-22(31-16)26-18(11-4-7-13(27)8-5-11)17-19(28)14-10-12(23)6-9-15(14)30-20(17)21(26)29/h4-10,18,27H,2-3H2,1H3/t18-/m1/s1. The number of amides is 1. The summed E-state index contributed by atoms with van der Waals surface area (Å²) in [7, 11) is 0. The van der Waals surface area contributed by atoms with Crippen molar-refractivity contribution in [3.05, 3.63) is 80.4 Å². The van der Waals surface area contributed by atoms with E-state index in [2.05, 4.69) is 10.2 Å². The lowest BCUT2D eigenvalue weighted by molar-refractivity contribution is 0.0970. The van der Waals surface area contributed by atoms with Crippen LogP contribution >= 0.6 is 11.3 Å². The molecule has 3 heterocycles. The Morgan fingerprint density at radius 1 is 1.16 bits per heavy atom. The molecule has 0 bridgehead atoms. The monoisotopic (exact) mass is 437 g/mol. The average molecular weight is 437 g/mol. The number of nitrogens with zero attached hydrogens (tertiary/aromatic N) is 3. The number of benzene rings is 2. The van der Waals surface area contributed by atoms with E-state index in [1.165, 1.54) is 40.5 Å². The van der Waals surface area contributed by atoms with E-state index in [0.717, 1.165) is 23.9 Å². The second-order valence-corrected chi connectivity index (χ2v) is 8.25. The van der Waals surface area contributed by atoms with Gasteiger partial charge in [-0.3, -0.25) is 14.5 Å². The summed E-state index contributed by atoms with van der Waals surface area (Å²) < 4.78 is 19.6. The lowest BCUT2D eigenvalue weighted by Crippen LogP contribution is -2.29.